The fourth-order valence-corrected chi connectivity index (χ4v) is 2.63. The molecule has 0 aromatic heterocycles. The molecule has 0 saturated heterocycles. The second-order valence-electron chi connectivity index (χ2n) is 5.75. The third-order valence-corrected chi connectivity index (χ3v) is 3.45. The standard InChI is InChI=1S/C17H17/c1-17(2,3)15-10-6-8-13-11-12-7-4-5-9-14(12)16(13)15/h4-11H,1-3H3. The smallest absolute Gasteiger partial charge is 0.0212 e. The van der Waals surface area contributed by atoms with Crippen molar-refractivity contribution >= 4 is 0 Å². The van der Waals surface area contributed by atoms with Gasteiger partial charge in [0.2, 0.25) is 0 Å². The Hall–Kier alpha value is -1.56. The summed E-state index contributed by atoms with van der Waals surface area (Å²) in [5.74, 6) is 0. The quantitative estimate of drug-likeness (QED) is 0.522. The van der Waals surface area contributed by atoms with Gasteiger partial charge >= 0.3 is 0 Å². The van der Waals surface area contributed by atoms with Gasteiger partial charge in [0.1, 0.15) is 0 Å². The number of hydrogen-bond acceptors (Lipinski definition) is 0. The van der Waals surface area contributed by atoms with Crippen LogP contribution in [0.1, 0.15) is 37.5 Å². The Morgan fingerprint density at radius 3 is 2.24 bits per heavy atom. The van der Waals surface area contributed by atoms with E-state index in [1.807, 2.05) is 0 Å². The second-order valence-corrected chi connectivity index (χ2v) is 5.75. The molecule has 0 fully saturated rings. The van der Waals surface area contributed by atoms with E-state index in [9.17, 15) is 0 Å². The number of hydrogen-bond donors (Lipinski definition) is 0. The highest BCUT2D eigenvalue weighted by Crippen LogP contribution is 2.43. The summed E-state index contributed by atoms with van der Waals surface area (Å²) in [6.07, 6.45) is 2.29. The Labute approximate surface area is 103 Å². The maximum atomic E-state index is 2.29. The van der Waals surface area contributed by atoms with Crippen molar-refractivity contribution in [2.24, 2.45) is 0 Å². The van der Waals surface area contributed by atoms with Crippen molar-refractivity contribution in [3.8, 4) is 11.1 Å². The molecule has 0 unspecified atom stereocenters. The first-order chi connectivity index (χ1) is 8.07. The monoisotopic (exact) mass is 221 g/mol. The zero-order valence-electron chi connectivity index (χ0n) is 10.6. The van der Waals surface area contributed by atoms with Gasteiger partial charge in [-0.1, -0.05) is 63.2 Å². The Kier molecular flexibility index (Phi) is 2.16. The molecule has 17 heavy (non-hydrogen) atoms. The normalized spacial score (nSPS) is 13.4. The van der Waals surface area contributed by atoms with E-state index in [1.54, 1.807) is 0 Å². The first kappa shape index (κ1) is 10.6. The molecule has 1 aliphatic rings. The molecule has 0 heteroatoms. The van der Waals surface area contributed by atoms with Crippen LogP contribution in [0.5, 0.6) is 0 Å². The van der Waals surface area contributed by atoms with E-state index in [0.717, 1.165) is 0 Å². The largest absolute Gasteiger partial charge is 0.0619 e. The summed E-state index contributed by atoms with van der Waals surface area (Å²) >= 11 is 0. The van der Waals surface area contributed by atoms with Crippen molar-refractivity contribution < 1.29 is 0 Å². The van der Waals surface area contributed by atoms with Crippen molar-refractivity contribution in [3.05, 3.63) is 65.6 Å². The molecule has 2 aromatic carbocycles. The Bertz CT molecular complexity index is 571. The third kappa shape index (κ3) is 1.59. The van der Waals surface area contributed by atoms with Crippen molar-refractivity contribution in [3.63, 3.8) is 0 Å². The fourth-order valence-electron chi connectivity index (χ4n) is 2.63. The van der Waals surface area contributed by atoms with E-state index >= 15 is 0 Å². The lowest BCUT2D eigenvalue weighted by Gasteiger charge is -2.23. The van der Waals surface area contributed by atoms with Crippen molar-refractivity contribution in [2.75, 3.05) is 0 Å². The molecule has 1 radical (unpaired) electrons. The highest BCUT2D eigenvalue weighted by atomic mass is 14.3. The summed E-state index contributed by atoms with van der Waals surface area (Å²) in [4.78, 5) is 0. The van der Waals surface area contributed by atoms with Crippen molar-refractivity contribution in [1.29, 1.82) is 0 Å². The van der Waals surface area contributed by atoms with Gasteiger partial charge in [-0.3, -0.25) is 0 Å². The Morgan fingerprint density at radius 2 is 1.47 bits per heavy atom. The highest BCUT2D eigenvalue weighted by molar-refractivity contribution is 5.84. The molecule has 0 spiro atoms. The molecular formula is C17H17. The van der Waals surface area contributed by atoms with E-state index in [2.05, 4.69) is 69.7 Å². The van der Waals surface area contributed by atoms with Crippen LogP contribution in [-0.4, -0.2) is 0 Å². The minimum atomic E-state index is 0.191. The first-order valence-electron chi connectivity index (χ1n) is 6.15. The summed E-state index contributed by atoms with van der Waals surface area (Å²) in [6.45, 7) is 6.84. The van der Waals surface area contributed by atoms with Crippen molar-refractivity contribution in [1.82, 2.24) is 0 Å². The van der Waals surface area contributed by atoms with Crippen LogP contribution >= 0.6 is 0 Å². The molecule has 0 nitrogen and oxygen atoms in total. The van der Waals surface area contributed by atoms with E-state index in [1.165, 1.54) is 27.8 Å². The maximum absolute atomic E-state index is 2.29. The van der Waals surface area contributed by atoms with Crippen LogP contribution in [0.4, 0.5) is 0 Å². The van der Waals surface area contributed by atoms with E-state index < -0.39 is 0 Å². The molecule has 0 N–H and O–H groups in total. The van der Waals surface area contributed by atoms with E-state index in [4.69, 9.17) is 0 Å². The third-order valence-electron chi connectivity index (χ3n) is 3.45. The van der Waals surface area contributed by atoms with Gasteiger partial charge in [0, 0.05) is 6.42 Å². The lowest BCUT2D eigenvalue weighted by molar-refractivity contribution is 0.592. The molecule has 0 aliphatic heterocycles. The Balaban J connectivity index is 2.30. The molecule has 0 atom stereocenters. The van der Waals surface area contributed by atoms with Crippen molar-refractivity contribution in [2.45, 2.75) is 26.2 Å². The van der Waals surface area contributed by atoms with Gasteiger partial charge in [-0.2, -0.15) is 0 Å². The van der Waals surface area contributed by atoms with Gasteiger partial charge in [-0.25, -0.2) is 0 Å². The lowest BCUT2D eigenvalue weighted by atomic mass is 9.81. The molecule has 0 heterocycles. The molecule has 1 aliphatic carbocycles. The zero-order valence-corrected chi connectivity index (χ0v) is 10.6. The predicted molar refractivity (Wildman–Crippen MR) is 73.1 cm³/mol. The van der Waals surface area contributed by atoms with Crippen LogP contribution in [-0.2, 0) is 5.41 Å². The second kappa shape index (κ2) is 3.46. The summed E-state index contributed by atoms with van der Waals surface area (Å²) in [5.41, 5.74) is 7.15. The molecule has 85 valence electrons. The van der Waals surface area contributed by atoms with Gasteiger partial charge in [0.25, 0.3) is 0 Å². The minimum absolute atomic E-state index is 0.191. The summed E-state index contributed by atoms with van der Waals surface area (Å²) in [7, 11) is 0. The van der Waals surface area contributed by atoms with Gasteiger partial charge < -0.3 is 0 Å². The van der Waals surface area contributed by atoms with Gasteiger partial charge in [0.05, 0.1) is 0 Å². The first-order valence-corrected chi connectivity index (χ1v) is 6.15. The number of benzene rings is 2. The average Bonchev–Trinajstić information content (AvgIpc) is 2.65. The highest BCUT2D eigenvalue weighted by Gasteiger charge is 2.26. The Morgan fingerprint density at radius 1 is 0.765 bits per heavy atom. The summed E-state index contributed by atoms with van der Waals surface area (Å²) < 4.78 is 0. The molecule has 0 bridgehead atoms. The van der Waals surface area contributed by atoms with E-state index in [-0.39, 0.29) is 5.41 Å². The molecule has 2 aromatic rings. The van der Waals surface area contributed by atoms with Crippen LogP contribution in [0.2, 0.25) is 0 Å². The van der Waals surface area contributed by atoms with Crippen LogP contribution < -0.4 is 0 Å². The maximum Gasteiger partial charge on any atom is 0.0212 e. The molecule has 0 saturated carbocycles. The van der Waals surface area contributed by atoms with Crippen LogP contribution in [0, 0.1) is 6.42 Å². The van der Waals surface area contributed by atoms with Gasteiger partial charge in [-0.05, 0) is 33.2 Å². The van der Waals surface area contributed by atoms with Crippen LogP contribution in [0.25, 0.3) is 11.1 Å². The molecule has 0 amide bonds. The fraction of sp³-hybridized carbons (Fsp3) is 0.235. The lowest BCUT2D eigenvalue weighted by Crippen LogP contribution is -2.12. The average molecular weight is 221 g/mol. The number of fused-ring (bicyclic) bond motifs is 3. The SMILES string of the molecule is CC(C)(C)c1cccc2c1-c1ccccc1[CH]2. The molecular weight excluding hydrogens is 204 g/mol. The molecule has 3 rings (SSSR count). The minimum Gasteiger partial charge on any atom is -0.0619 e. The zero-order chi connectivity index (χ0) is 12.0. The van der Waals surface area contributed by atoms with Crippen LogP contribution in [0.15, 0.2) is 42.5 Å². The van der Waals surface area contributed by atoms with E-state index in [0.29, 0.717) is 0 Å². The number of rotatable bonds is 0. The van der Waals surface area contributed by atoms with Gasteiger partial charge in [0.15, 0.2) is 0 Å². The van der Waals surface area contributed by atoms with Crippen LogP contribution in [0.3, 0.4) is 0 Å². The predicted octanol–water partition coefficient (Wildman–Crippen LogP) is 4.57. The van der Waals surface area contributed by atoms with Gasteiger partial charge in [-0.15, -0.1) is 0 Å². The topological polar surface area (TPSA) is 0 Å². The summed E-state index contributed by atoms with van der Waals surface area (Å²) in [5, 5.41) is 0. The summed E-state index contributed by atoms with van der Waals surface area (Å²) in [6, 6.07) is 15.3.